The third-order valence-electron chi connectivity index (χ3n) is 5.41. The third-order valence-corrected chi connectivity index (χ3v) is 7.27. The quantitative estimate of drug-likeness (QED) is 0.186. The molecule has 0 saturated carbocycles. The van der Waals surface area contributed by atoms with Gasteiger partial charge in [0.15, 0.2) is 11.0 Å². The van der Waals surface area contributed by atoms with E-state index in [1.54, 1.807) is 17.6 Å². The maximum atomic E-state index is 12.4. The molecular formula is C27H29N5OS2. The van der Waals surface area contributed by atoms with E-state index in [4.69, 9.17) is 0 Å². The Bertz CT molecular complexity index is 1330. The summed E-state index contributed by atoms with van der Waals surface area (Å²) in [6.07, 6.45) is 1.66. The van der Waals surface area contributed by atoms with Gasteiger partial charge >= 0.3 is 0 Å². The van der Waals surface area contributed by atoms with Crippen molar-refractivity contribution in [2.24, 2.45) is 5.10 Å². The molecule has 0 fully saturated rings. The van der Waals surface area contributed by atoms with Crippen LogP contribution < -0.4 is 5.43 Å². The standard InChI is InChI=1S/C27H29N5OS2/c1-18-6-13-22(14-7-18)32-25(20-9-11-21(12-10-20)27(3,4)5)30-31-26(32)34-17-24(33)29-28-16-23-15-8-19(2)35-23/h6-16H,17H2,1-5H3,(H,29,33). The summed E-state index contributed by atoms with van der Waals surface area (Å²) in [6, 6.07) is 20.6. The molecule has 35 heavy (non-hydrogen) atoms. The Balaban J connectivity index is 1.55. The summed E-state index contributed by atoms with van der Waals surface area (Å²) >= 11 is 2.96. The molecule has 8 heteroatoms. The van der Waals surface area contributed by atoms with Gasteiger partial charge in [-0.3, -0.25) is 9.36 Å². The van der Waals surface area contributed by atoms with E-state index in [9.17, 15) is 4.79 Å². The van der Waals surface area contributed by atoms with Gasteiger partial charge in [-0.05, 0) is 49.1 Å². The third kappa shape index (κ3) is 6.26. The van der Waals surface area contributed by atoms with Crippen molar-refractivity contribution in [3.05, 3.63) is 81.5 Å². The molecule has 1 amide bonds. The summed E-state index contributed by atoms with van der Waals surface area (Å²) in [7, 11) is 0. The first-order valence-electron chi connectivity index (χ1n) is 11.4. The van der Waals surface area contributed by atoms with Crippen LogP contribution in [0.15, 0.2) is 70.9 Å². The molecule has 2 aromatic heterocycles. The molecule has 0 aliphatic carbocycles. The summed E-state index contributed by atoms with van der Waals surface area (Å²) < 4.78 is 2.00. The average molecular weight is 504 g/mol. The minimum atomic E-state index is -0.200. The normalized spacial score (nSPS) is 11.8. The molecule has 2 aromatic carbocycles. The molecule has 2 heterocycles. The van der Waals surface area contributed by atoms with Crippen molar-refractivity contribution in [2.45, 2.75) is 45.2 Å². The highest BCUT2D eigenvalue weighted by molar-refractivity contribution is 7.99. The van der Waals surface area contributed by atoms with Crippen LogP contribution in [-0.4, -0.2) is 32.6 Å². The lowest BCUT2D eigenvalue weighted by Crippen LogP contribution is -2.19. The first kappa shape index (κ1) is 24.9. The largest absolute Gasteiger partial charge is 0.272 e. The number of hydrogen-bond acceptors (Lipinski definition) is 6. The van der Waals surface area contributed by atoms with Gasteiger partial charge in [-0.25, -0.2) is 5.43 Å². The first-order chi connectivity index (χ1) is 16.7. The van der Waals surface area contributed by atoms with Crippen LogP contribution in [0.25, 0.3) is 17.1 Å². The van der Waals surface area contributed by atoms with Crippen LogP contribution in [0.5, 0.6) is 0 Å². The first-order valence-corrected chi connectivity index (χ1v) is 13.2. The highest BCUT2D eigenvalue weighted by atomic mass is 32.2. The number of hydrazone groups is 1. The van der Waals surface area contributed by atoms with Gasteiger partial charge in [0.25, 0.3) is 5.91 Å². The highest BCUT2D eigenvalue weighted by Gasteiger charge is 2.19. The van der Waals surface area contributed by atoms with E-state index in [1.165, 1.54) is 27.8 Å². The van der Waals surface area contributed by atoms with Crippen molar-refractivity contribution >= 4 is 35.2 Å². The van der Waals surface area contributed by atoms with Crippen molar-refractivity contribution < 1.29 is 4.79 Å². The van der Waals surface area contributed by atoms with Crippen molar-refractivity contribution in [1.29, 1.82) is 0 Å². The Hall–Kier alpha value is -3.23. The van der Waals surface area contributed by atoms with Gasteiger partial charge in [0.2, 0.25) is 0 Å². The van der Waals surface area contributed by atoms with E-state index < -0.39 is 0 Å². The Kier molecular flexibility index (Phi) is 7.52. The van der Waals surface area contributed by atoms with Gasteiger partial charge < -0.3 is 0 Å². The molecule has 0 saturated heterocycles. The summed E-state index contributed by atoms with van der Waals surface area (Å²) in [5.74, 6) is 0.714. The van der Waals surface area contributed by atoms with Crippen LogP contribution in [0.1, 0.15) is 41.7 Å². The molecule has 0 spiro atoms. The zero-order valence-electron chi connectivity index (χ0n) is 20.6. The second-order valence-electron chi connectivity index (χ2n) is 9.33. The van der Waals surface area contributed by atoms with Crippen LogP contribution in [0.3, 0.4) is 0 Å². The van der Waals surface area contributed by atoms with Crippen molar-refractivity contribution in [2.75, 3.05) is 5.75 Å². The minimum absolute atomic E-state index is 0.0718. The van der Waals surface area contributed by atoms with E-state index in [2.05, 4.69) is 84.8 Å². The van der Waals surface area contributed by atoms with Crippen molar-refractivity contribution in [3.8, 4) is 17.1 Å². The fourth-order valence-electron chi connectivity index (χ4n) is 3.45. The Morgan fingerprint density at radius 1 is 1.03 bits per heavy atom. The van der Waals surface area contributed by atoms with E-state index >= 15 is 0 Å². The van der Waals surface area contributed by atoms with Crippen molar-refractivity contribution in [1.82, 2.24) is 20.2 Å². The molecule has 6 nitrogen and oxygen atoms in total. The molecule has 1 N–H and O–H groups in total. The maximum absolute atomic E-state index is 12.4. The number of aromatic nitrogens is 3. The van der Waals surface area contributed by atoms with Gasteiger partial charge in [-0.1, -0.05) is 74.5 Å². The Labute approximate surface area is 214 Å². The lowest BCUT2D eigenvalue weighted by molar-refractivity contribution is -0.118. The van der Waals surface area contributed by atoms with Crippen LogP contribution in [0.4, 0.5) is 0 Å². The number of benzene rings is 2. The number of aryl methyl sites for hydroxylation is 2. The van der Waals surface area contributed by atoms with E-state index in [0.29, 0.717) is 5.16 Å². The molecule has 0 bridgehead atoms. The fourth-order valence-corrected chi connectivity index (χ4v) is 4.94. The molecule has 4 aromatic rings. The summed E-state index contributed by atoms with van der Waals surface area (Å²) in [4.78, 5) is 14.6. The summed E-state index contributed by atoms with van der Waals surface area (Å²) in [6.45, 7) is 10.7. The van der Waals surface area contributed by atoms with Gasteiger partial charge in [0.05, 0.1) is 12.0 Å². The number of rotatable bonds is 7. The Morgan fingerprint density at radius 2 is 1.74 bits per heavy atom. The number of hydrogen-bond donors (Lipinski definition) is 1. The van der Waals surface area contributed by atoms with Crippen LogP contribution in [0.2, 0.25) is 0 Å². The minimum Gasteiger partial charge on any atom is -0.272 e. The van der Waals surface area contributed by atoms with Gasteiger partial charge in [-0.2, -0.15) is 5.10 Å². The monoisotopic (exact) mass is 503 g/mol. The zero-order chi connectivity index (χ0) is 25.0. The van der Waals surface area contributed by atoms with Crippen LogP contribution in [-0.2, 0) is 10.2 Å². The van der Waals surface area contributed by atoms with Gasteiger partial charge in [0.1, 0.15) is 0 Å². The highest BCUT2D eigenvalue weighted by Crippen LogP contribution is 2.30. The smallest absolute Gasteiger partial charge is 0.250 e. The summed E-state index contributed by atoms with van der Waals surface area (Å²) in [5, 5.41) is 13.6. The predicted molar refractivity (Wildman–Crippen MR) is 146 cm³/mol. The second-order valence-corrected chi connectivity index (χ2v) is 11.6. The number of nitrogens with zero attached hydrogens (tertiary/aromatic N) is 4. The number of nitrogens with one attached hydrogen (secondary N) is 1. The number of thioether (sulfide) groups is 1. The molecule has 0 aliphatic rings. The lowest BCUT2D eigenvalue weighted by atomic mass is 9.87. The number of carbonyl (C=O) groups excluding carboxylic acids is 1. The molecule has 0 atom stereocenters. The average Bonchev–Trinajstić information content (AvgIpc) is 3.44. The molecule has 180 valence electrons. The summed E-state index contributed by atoms with van der Waals surface area (Å²) in [5.41, 5.74) is 7.01. The number of amides is 1. The molecular weight excluding hydrogens is 474 g/mol. The number of thiophene rings is 1. The molecule has 0 radical (unpaired) electrons. The zero-order valence-corrected chi connectivity index (χ0v) is 22.2. The topological polar surface area (TPSA) is 72.2 Å². The SMILES string of the molecule is Cc1ccc(-n2c(SCC(=O)NN=Cc3ccc(C)s3)nnc2-c2ccc(C(C)(C)C)cc2)cc1. The Morgan fingerprint density at radius 3 is 2.37 bits per heavy atom. The second kappa shape index (κ2) is 10.6. The predicted octanol–water partition coefficient (Wildman–Crippen LogP) is 6.15. The van der Waals surface area contributed by atoms with Gasteiger partial charge in [0, 0.05) is 21.0 Å². The maximum Gasteiger partial charge on any atom is 0.250 e. The van der Waals surface area contributed by atoms with Crippen LogP contribution in [0, 0.1) is 13.8 Å². The lowest BCUT2D eigenvalue weighted by Gasteiger charge is -2.19. The van der Waals surface area contributed by atoms with E-state index in [-0.39, 0.29) is 17.1 Å². The fraction of sp³-hybridized carbons (Fsp3) is 0.259. The molecule has 4 rings (SSSR count). The number of carbonyl (C=O) groups is 1. The van der Waals surface area contributed by atoms with Gasteiger partial charge in [-0.15, -0.1) is 21.5 Å². The van der Waals surface area contributed by atoms with E-state index in [0.717, 1.165) is 22.0 Å². The van der Waals surface area contributed by atoms with Crippen molar-refractivity contribution in [3.63, 3.8) is 0 Å². The van der Waals surface area contributed by atoms with E-state index in [1.807, 2.05) is 35.8 Å². The molecule has 0 unspecified atom stereocenters. The van der Waals surface area contributed by atoms with Crippen LogP contribution >= 0.6 is 23.1 Å². The molecule has 0 aliphatic heterocycles.